The molecule has 0 amide bonds. The van der Waals surface area contributed by atoms with Crippen LogP contribution in [-0.2, 0) is 0 Å². The van der Waals surface area contributed by atoms with Gasteiger partial charge < -0.3 is 0 Å². The Morgan fingerprint density at radius 3 is 2.47 bits per heavy atom. The van der Waals surface area contributed by atoms with Gasteiger partial charge in [-0.2, -0.15) is 0 Å². The summed E-state index contributed by atoms with van der Waals surface area (Å²) in [7, 11) is 0. The number of benzene rings is 1. The number of hydrogen-bond donors (Lipinski definition) is 0. The third kappa shape index (κ3) is 4.86. The average molecular weight is 378 g/mol. The minimum atomic E-state index is -2.93. The molecule has 0 atom stereocenters. The molecule has 1 aliphatic carbocycles. The van der Waals surface area contributed by atoms with Crippen molar-refractivity contribution in [3.63, 3.8) is 0 Å². The molecule has 0 heterocycles. The van der Waals surface area contributed by atoms with Crippen molar-refractivity contribution in [3.05, 3.63) is 43.3 Å². The Morgan fingerprint density at radius 1 is 1.21 bits per heavy atom. The van der Waals surface area contributed by atoms with Crippen LogP contribution in [0.5, 0.6) is 0 Å². The zero-order chi connectivity index (χ0) is 13.7. The van der Waals surface area contributed by atoms with Gasteiger partial charge in [0, 0.05) is 0 Å². The van der Waals surface area contributed by atoms with Crippen molar-refractivity contribution in [2.45, 2.75) is 45.4 Å². The van der Waals surface area contributed by atoms with E-state index in [4.69, 9.17) is 0 Å². The molecule has 1 aromatic rings. The molecule has 0 radical (unpaired) electrons. The molecule has 0 bridgehead atoms. The molecule has 1 saturated carbocycles. The zero-order valence-electron chi connectivity index (χ0n) is 11.3. The van der Waals surface area contributed by atoms with Gasteiger partial charge in [0.05, 0.1) is 0 Å². The maximum absolute atomic E-state index is 14.1. The molecular formula is C16H21F2I. The van der Waals surface area contributed by atoms with Crippen LogP contribution in [0.15, 0.2) is 34.2 Å². The van der Waals surface area contributed by atoms with E-state index in [1.165, 1.54) is 23.3 Å². The molecule has 106 valence electrons. The van der Waals surface area contributed by atoms with Crippen molar-refractivity contribution in [1.82, 2.24) is 0 Å². The molecule has 0 N–H and O–H groups in total. The number of hydrogen-bond acceptors (Lipinski definition) is 0. The second-order valence-corrected chi connectivity index (χ2v) is 8.69. The van der Waals surface area contributed by atoms with Gasteiger partial charge in [0.25, 0.3) is 0 Å². The summed E-state index contributed by atoms with van der Waals surface area (Å²) >= 11 is -2.93. The maximum atomic E-state index is 14.1. The van der Waals surface area contributed by atoms with Gasteiger partial charge in [-0.3, -0.25) is 0 Å². The van der Waals surface area contributed by atoms with Crippen LogP contribution in [-0.4, -0.2) is 0 Å². The van der Waals surface area contributed by atoms with Crippen LogP contribution < -0.4 is 0 Å². The Morgan fingerprint density at radius 2 is 1.84 bits per heavy atom. The molecule has 0 nitrogen and oxygen atoms in total. The molecule has 0 aliphatic heterocycles. The topological polar surface area (TPSA) is 0 Å². The van der Waals surface area contributed by atoms with E-state index < -0.39 is 20.4 Å². The number of aryl methyl sites for hydroxylation is 1. The molecule has 3 heteroatoms. The molecule has 0 unspecified atom stereocenters. The van der Waals surface area contributed by atoms with Crippen molar-refractivity contribution in [2.75, 3.05) is 0 Å². The molecule has 19 heavy (non-hydrogen) atoms. The Balaban J connectivity index is 1.93. The Bertz CT molecular complexity index is 419. The van der Waals surface area contributed by atoms with Crippen molar-refractivity contribution < 1.29 is 7.25 Å². The van der Waals surface area contributed by atoms with Gasteiger partial charge >= 0.3 is 122 Å². The average Bonchev–Trinajstić information content (AvgIpc) is 2.40. The first-order valence-corrected chi connectivity index (χ1v) is 10.1. The predicted octanol–water partition coefficient (Wildman–Crippen LogP) is 6.34. The first-order chi connectivity index (χ1) is 9.15. The normalized spacial score (nSPS) is 18.5. The van der Waals surface area contributed by atoms with E-state index in [9.17, 15) is 7.25 Å². The van der Waals surface area contributed by atoms with Gasteiger partial charge in [-0.25, -0.2) is 0 Å². The Hall–Kier alpha value is -0.450. The Kier molecular flexibility index (Phi) is 5.79. The molecule has 0 spiro atoms. The van der Waals surface area contributed by atoms with Gasteiger partial charge in [-0.05, 0) is 0 Å². The van der Waals surface area contributed by atoms with E-state index in [1.807, 2.05) is 19.1 Å². The predicted molar refractivity (Wildman–Crippen MR) is 85.4 cm³/mol. The third-order valence-corrected chi connectivity index (χ3v) is 6.77. The van der Waals surface area contributed by atoms with Crippen molar-refractivity contribution >= 4 is 20.4 Å². The summed E-state index contributed by atoms with van der Waals surface area (Å²) in [6.07, 6.45) is 6.33. The molecule has 1 fully saturated rings. The molecule has 1 aliphatic rings. The fourth-order valence-corrected chi connectivity index (χ4v) is 4.79. The van der Waals surface area contributed by atoms with Crippen LogP contribution in [0.4, 0.5) is 7.25 Å². The van der Waals surface area contributed by atoms with Gasteiger partial charge in [-0.1, -0.05) is 0 Å². The fraction of sp³-hybridized carbons (Fsp3) is 0.500. The summed E-state index contributed by atoms with van der Waals surface area (Å²) in [5.41, 5.74) is 1.11. The van der Waals surface area contributed by atoms with Gasteiger partial charge in [0.15, 0.2) is 0 Å². The van der Waals surface area contributed by atoms with E-state index in [-0.39, 0.29) is 5.83 Å². The van der Waals surface area contributed by atoms with Crippen molar-refractivity contribution in [2.24, 2.45) is 5.92 Å². The third-order valence-electron chi connectivity index (χ3n) is 3.64. The molecule has 0 saturated heterocycles. The molecule has 2 rings (SSSR count). The summed E-state index contributed by atoms with van der Waals surface area (Å²) in [5.74, 6) is 0.215. The summed E-state index contributed by atoms with van der Waals surface area (Å²) in [6.45, 7) is 1.97. The first kappa shape index (κ1) is 14.9. The fourth-order valence-electron chi connectivity index (χ4n) is 2.53. The van der Waals surface area contributed by atoms with Crippen LogP contribution in [0.3, 0.4) is 0 Å². The van der Waals surface area contributed by atoms with Gasteiger partial charge in [0.2, 0.25) is 0 Å². The second-order valence-electron chi connectivity index (χ2n) is 5.32. The van der Waals surface area contributed by atoms with Gasteiger partial charge in [0.1, 0.15) is 0 Å². The molecular weight excluding hydrogens is 357 g/mol. The minimum absolute atomic E-state index is 0.222. The summed E-state index contributed by atoms with van der Waals surface area (Å²) in [4.78, 5) is 0. The van der Waals surface area contributed by atoms with Crippen LogP contribution in [0.2, 0.25) is 0 Å². The van der Waals surface area contributed by atoms with E-state index >= 15 is 0 Å². The monoisotopic (exact) mass is 378 g/mol. The van der Waals surface area contributed by atoms with Crippen LogP contribution >= 0.6 is 20.4 Å². The molecule has 0 aromatic heterocycles. The molecule has 1 aromatic carbocycles. The number of halogens is 3. The second kappa shape index (κ2) is 7.36. The summed E-state index contributed by atoms with van der Waals surface area (Å²) < 4.78 is 30.0. The summed E-state index contributed by atoms with van der Waals surface area (Å²) in [6, 6.07) is 7.38. The summed E-state index contributed by atoms with van der Waals surface area (Å²) in [5, 5.41) is 0. The SMILES string of the molecule is Cc1ccc(I(F)/C=C(/F)CC2CCCCC2)cc1. The Labute approximate surface area is 122 Å². The van der Waals surface area contributed by atoms with E-state index in [2.05, 4.69) is 0 Å². The zero-order valence-corrected chi connectivity index (χ0v) is 13.5. The van der Waals surface area contributed by atoms with Gasteiger partial charge in [-0.15, -0.1) is 0 Å². The number of allylic oxidation sites excluding steroid dienone is 1. The standard InChI is InChI=1S/C16H21F2I/c1-13-7-9-16(10-8-13)19(18)12-15(17)11-14-5-3-2-4-6-14/h7-10,12,14H,2-6,11H2,1H3/b15-12+. The first-order valence-electron chi connectivity index (χ1n) is 6.93. The van der Waals surface area contributed by atoms with E-state index in [0.29, 0.717) is 15.9 Å². The van der Waals surface area contributed by atoms with Crippen LogP contribution in [0, 0.1) is 16.4 Å². The van der Waals surface area contributed by atoms with Crippen LogP contribution in [0.1, 0.15) is 44.1 Å². The van der Waals surface area contributed by atoms with E-state index in [0.717, 1.165) is 18.4 Å². The van der Waals surface area contributed by atoms with E-state index in [1.54, 1.807) is 12.1 Å². The number of rotatable bonds is 4. The van der Waals surface area contributed by atoms with Crippen molar-refractivity contribution in [1.29, 1.82) is 0 Å². The van der Waals surface area contributed by atoms with Crippen molar-refractivity contribution in [3.8, 4) is 0 Å². The van der Waals surface area contributed by atoms with Crippen LogP contribution in [0.25, 0.3) is 0 Å². The quantitative estimate of drug-likeness (QED) is 0.537.